The molecule has 2 fully saturated rings. The SMILES string of the molecule is CCCC1CC[C@@H]2C[C@H](c3ccc(-c4cc(F)c(C5=NC(C)(C)CO5)c(F)c4)cc3)CC[C@@H]2C1. The average molecular weight is 466 g/mol. The quantitative estimate of drug-likeness (QED) is 0.435. The van der Waals surface area contributed by atoms with E-state index in [1.54, 1.807) is 0 Å². The van der Waals surface area contributed by atoms with Gasteiger partial charge in [0.2, 0.25) is 5.90 Å². The zero-order valence-corrected chi connectivity index (χ0v) is 20.7. The van der Waals surface area contributed by atoms with Gasteiger partial charge in [-0.3, -0.25) is 0 Å². The summed E-state index contributed by atoms with van der Waals surface area (Å²) in [7, 11) is 0. The third-order valence-corrected chi connectivity index (χ3v) is 8.36. The molecular formula is C30H37F2NO. The van der Waals surface area contributed by atoms with Crippen LogP contribution >= 0.6 is 0 Å². The van der Waals surface area contributed by atoms with Crippen molar-refractivity contribution in [1.29, 1.82) is 0 Å². The number of rotatable bonds is 5. The van der Waals surface area contributed by atoms with Gasteiger partial charge in [-0.05, 0) is 98.4 Å². The van der Waals surface area contributed by atoms with E-state index in [9.17, 15) is 8.78 Å². The highest BCUT2D eigenvalue weighted by Crippen LogP contribution is 2.48. The lowest BCUT2D eigenvalue weighted by atomic mass is 9.63. The van der Waals surface area contributed by atoms with Crippen LogP contribution in [0.25, 0.3) is 11.1 Å². The van der Waals surface area contributed by atoms with Gasteiger partial charge in [0.05, 0.1) is 5.54 Å². The van der Waals surface area contributed by atoms with Crippen LogP contribution in [0.15, 0.2) is 41.4 Å². The van der Waals surface area contributed by atoms with E-state index in [-0.39, 0.29) is 11.5 Å². The summed E-state index contributed by atoms with van der Waals surface area (Å²) in [6, 6.07) is 11.1. The second-order valence-electron chi connectivity index (χ2n) is 11.5. The van der Waals surface area contributed by atoms with Crippen molar-refractivity contribution < 1.29 is 13.5 Å². The van der Waals surface area contributed by atoms with Crippen molar-refractivity contribution in [2.75, 3.05) is 6.61 Å². The number of aliphatic imine (C=N–C) groups is 1. The molecule has 0 N–H and O–H groups in total. The molecule has 4 atom stereocenters. The van der Waals surface area contributed by atoms with Gasteiger partial charge in [-0.2, -0.15) is 0 Å². The number of halogens is 2. The summed E-state index contributed by atoms with van der Waals surface area (Å²) in [5.41, 5.74) is 2.11. The smallest absolute Gasteiger partial charge is 0.222 e. The van der Waals surface area contributed by atoms with Crippen LogP contribution < -0.4 is 0 Å². The van der Waals surface area contributed by atoms with E-state index < -0.39 is 17.2 Å². The van der Waals surface area contributed by atoms with Crippen molar-refractivity contribution in [2.24, 2.45) is 22.7 Å². The predicted octanol–water partition coefficient (Wildman–Crippen LogP) is 8.29. The molecule has 2 saturated carbocycles. The monoisotopic (exact) mass is 465 g/mol. The maximum absolute atomic E-state index is 14.9. The van der Waals surface area contributed by atoms with Gasteiger partial charge in [-0.25, -0.2) is 13.8 Å². The van der Waals surface area contributed by atoms with Gasteiger partial charge in [0, 0.05) is 0 Å². The molecule has 182 valence electrons. The topological polar surface area (TPSA) is 21.6 Å². The lowest BCUT2D eigenvalue weighted by Gasteiger charge is -2.42. The van der Waals surface area contributed by atoms with Gasteiger partial charge < -0.3 is 4.74 Å². The summed E-state index contributed by atoms with van der Waals surface area (Å²) in [4.78, 5) is 4.33. The highest BCUT2D eigenvalue weighted by molar-refractivity contribution is 5.96. The van der Waals surface area contributed by atoms with Crippen LogP contribution in [-0.4, -0.2) is 18.0 Å². The van der Waals surface area contributed by atoms with Crippen LogP contribution in [0.3, 0.4) is 0 Å². The third-order valence-electron chi connectivity index (χ3n) is 8.36. The Hall–Kier alpha value is -2.23. The van der Waals surface area contributed by atoms with Gasteiger partial charge in [0.25, 0.3) is 0 Å². The fourth-order valence-electron chi connectivity index (χ4n) is 6.56. The minimum Gasteiger partial charge on any atom is -0.475 e. The van der Waals surface area contributed by atoms with E-state index in [1.807, 2.05) is 26.0 Å². The Balaban J connectivity index is 1.29. The number of ether oxygens (including phenoxy) is 1. The summed E-state index contributed by atoms with van der Waals surface area (Å²) >= 11 is 0. The number of fused-ring (bicyclic) bond motifs is 1. The van der Waals surface area contributed by atoms with E-state index >= 15 is 0 Å². The third kappa shape index (κ3) is 4.78. The van der Waals surface area contributed by atoms with E-state index in [2.05, 4.69) is 24.0 Å². The first-order valence-electron chi connectivity index (χ1n) is 13.2. The second kappa shape index (κ2) is 9.43. The molecule has 0 radical (unpaired) electrons. The van der Waals surface area contributed by atoms with Crippen LogP contribution in [-0.2, 0) is 4.74 Å². The van der Waals surface area contributed by atoms with Gasteiger partial charge in [-0.15, -0.1) is 0 Å². The zero-order chi connectivity index (χ0) is 23.9. The standard InChI is InChI=1S/C30H37F2NO/c1-4-5-19-6-7-24-15-23(13-12-22(24)14-19)20-8-10-21(11-9-20)25-16-26(31)28(27(32)17-25)29-33-30(2,3)18-34-29/h8-11,16-17,19,22-24H,4-7,12-15,18H2,1-3H3/t19?,22-,23-,24-/m1/s1. The molecule has 2 aliphatic carbocycles. The Kier molecular flexibility index (Phi) is 6.52. The molecule has 1 heterocycles. The van der Waals surface area contributed by atoms with Crippen LogP contribution in [0.5, 0.6) is 0 Å². The predicted molar refractivity (Wildman–Crippen MR) is 134 cm³/mol. The molecule has 0 saturated heterocycles. The molecular weight excluding hydrogens is 428 g/mol. The number of benzene rings is 2. The van der Waals surface area contributed by atoms with Crippen molar-refractivity contribution in [3.63, 3.8) is 0 Å². The normalized spacial score (nSPS) is 28.2. The summed E-state index contributed by atoms with van der Waals surface area (Å²) in [5, 5.41) is 0. The lowest BCUT2D eigenvalue weighted by Crippen LogP contribution is -2.30. The first-order chi connectivity index (χ1) is 16.3. The largest absolute Gasteiger partial charge is 0.475 e. The van der Waals surface area contributed by atoms with Crippen molar-refractivity contribution in [3.8, 4) is 11.1 Å². The average Bonchev–Trinajstić information content (AvgIpc) is 3.17. The van der Waals surface area contributed by atoms with E-state index in [0.29, 0.717) is 18.1 Å². The molecule has 34 heavy (non-hydrogen) atoms. The zero-order valence-electron chi connectivity index (χ0n) is 20.7. The van der Waals surface area contributed by atoms with Crippen LogP contribution in [0.1, 0.15) is 89.2 Å². The van der Waals surface area contributed by atoms with Crippen molar-refractivity contribution in [3.05, 3.63) is 59.2 Å². The van der Waals surface area contributed by atoms with Crippen molar-refractivity contribution in [2.45, 2.75) is 83.6 Å². The summed E-state index contributed by atoms with van der Waals surface area (Å²) in [6.45, 7) is 6.40. The van der Waals surface area contributed by atoms with Crippen LogP contribution in [0, 0.1) is 29.4 Å². The summed E-state index contributed by atoms with van der Waals surface area (Å²) in [5.74, 6) is 2.14. The Morgan fingerprint density at radius 3 is 2.24 bits per heavy atom. The molecule has 3 aliphatic rings. The van der Waals surface area contributed by atoms with Crippen LogP contribution in [0.4, 0.5) is 8.78 Å². The molecule has 2 nitrogen and oxygen atoms in total. The highest BCUT2D eigenvalue weighted by Gasteiger charge is 2.36. The second-order valence-corrected chi connectivity index (χ2v) is 11.5. The molecule has 0 bridgehead atoms. The maximum atomic E-state index is 14.9. The first kappa shape index (κ1) is 23.5. The molecule has 0 aromatic heterocycles. The Bertz CT molecular complexity index is 1030. The molecule has 2 aromatic carbocycles. The number of hydrogen-bond acceptors (Lipinski definition) is 2. The van der Waals surface area contributed by atoms with Gasteiger partial charge in [0.15, 0.2) is 0 Å². The molecule has 2 aromatic rings. The molecule has 0 amide bonds. The minimum atomic E-state index is -0.632. The maximum Gasteiger partial charge on any atom is 0.222 e. The molecule has 0 spiro atoms. The van der Waals surface area contributed by atoms with Gasteiger partial charge in [0.1, 0.15) is 23.8 Å². The van der Waals surface area contributed by atoms with Crippen molar-refractivity contribution >= 4 is 5.90 Å². The molecule has 5 rings (SSSR count). The molecule has 1 aliphatic heterocycles. The van der Waals surface area contributed by atoms with E-state index in [0.717, 1.165) is 23.3 Å². The Morgan fingerprint density at radius 2 is 1.59 bits per heavy atom. The molecule has 1 unspecified atom stereocenters. The fraction of sp³-hybridized carbons (Fsp3) is 0.567. The minimum absolute atomic E-state index is 0.0567. The number of nitrogens with zero attached hydrogens (tertiary/aromatic N) is 1. The fourth-order valence-corrected chi connectivity index (χ4v) is 6.56. The van der Waals surface area contributed by atoms with Gasteiger partial charge >= 0.3 is 0 Å². The number of hydrogen-bond donors (Lipinski definition) is 0. The summed E-state index contributed by atoms with van der Waals surface area (Å²) < 4.78 is 35.3. The Morgan fingerprint density at radius 1 is 0.912 bits per heavy atom. The van der Waals surface area contributed by atoms with E-state index in [1.165, 1.54) is 69.1 Å². The summed E-state index contributed by atoms with van der Waals surface area (Å²) in [6.07, 6.45) is 10.8. The highest BCUT2D eigenvalue weighted by atomic mass is 19.1. The van der Waals surface area contributed by atoms with E-state index in [4.69, 9.17) is 4.74 Å². The van der Waals surface area contributed by atoms with Crippen LogP contribution in [0.2, 0.25) is 0 Å². The molecule has 4 heteroatoms. The van der Waals surface area contributed by atoms with Crippen molar-refractivity contribution in [1.82, 2.24) is 0 Å². The van der Waals surface area contributed by atoms with Gasteiger partial charge in [-0.1, -0.05) is 50.5 Å². The Labute approximate surface area is 202 Å². The lowest BCUT2D eigenvalue weighted by molar-refractivity contribution is 0.114. The first-order valence-corrected chi connectivity index (χ1v) is 13.2.